The number of allylic oxidation sites excluding steroid dienone is 8. The molecule has 2 aromatic heterocycles. The predicted octanol–water partition coefficient (Wildman–Crippen LogP) is 7.36. The molecule has 0 spiro atoms. The zero-order chi connectivity index (χ0) is 20.3. The molecule has 0 aliphatic heterocycles. The Morgan fingerprint density at radius 2 is 1.13 bits per heavy atom. The van der Waals surface area contributed by atoms with Crippen LogP contribution >= 0.6 is 24.8 Å². The Balaban J connectivity index is 0.00000160. The second-order valence-corrected chi connectivity index (χ2v) is 37.9. The Morgan fingerprint density at radius 3 is 1.43 bits per heavy atom. The molecule has 0 amide bonds. The van der Waals surface area contributed by atoms with Crippen LogP contribution in [-0.4, -0.2) is 6.88 Å². The van der Waals surface area contributed by atoms with Crippen molar-refractivity contribution in [1.82, 2.24) is 0 Å². The molecule has 2 aromatic rings. The fourth-order valence-electron chi connectivity index (χ4n) is 5.87. The molecular weight excluding hydrogens is 510 g/mol. The maximum absolute atomic E-state index is 5.91. The first-order valence-electron chi connectivity index (χ1n) is 10.1. The van der Waals surface area contributed by atoms with Gasteiger partial charge in [0.25, 0.3) is 0 Å². The van der Waals surface area contributed by atoms with Crippen molar-refractivity contribution in [3.63, 3.8) is 0 Å². The Bertz CT molecular complexity index is 1040. The summed E-state index contributed by atoms with van der Waals surface area (Å²) in [6.07, 6.45) is 8.44. The van der Waals surface area contributed by atoms with Gasteiger partial charge in [-0.05, 0) is 0 Å². The average Bonchev–Trinajstić information content (AvgIpc) is 3.34. The van der Waals surface area contributed by atoms with Crippen molar-refractivity contribution < 1.29 is 26.2 Å². The van der Waals surface area contributed by atoms with Gasteiger partial charge in [-0.25, -0.2) is 0 Å². The van der Waals surface area contributed by atoms with Crippen molar-refractivity contribution in [2.75, 3.05) is 0 Å². The zero-order valence-corrected chi connectivity index (χ0v) is 24.1. The van der Waals surface area contributed by atoms with Crippen LogP contribution in [0.15, 0.2) is 75.5 Å². The molecule has 4 rings (SSSR count). The van der Waals surface area contributed by atoms with Crippen LogP contribution in [0.2, 0.25) is 9.26 Å². The number of rotatable bonds is 4. The van der Waals surface area contributed by atoms with Gasteiger partial charge in [0.15, 0.2) is 0 Å². The third-order valence-corrected chi connectivity index (χ3v) is 23.0. The molecule has 0 fully saturated rings. The molecule has 2 aliphatic rings. The minimum absolute atomic E-state index is 0. The van der Waals surface area contributed by atoms with Crippen molar-refractivity contribution >= 4 is 42.8 Å². The summed E-state index contributed by atoms with van der Waals surface area (Å²) in [7, 11) is 0. The molecule has 2 aliphatic carbocycles. The largest absolute Gasteiger partial charge is 0.147 e. The van der Waals surface area contributed by atoms with E-state index in [-0.39, 0.29) is 24.8 Å². The first kappa shape index (κ1) is 25.5. The normalized spacial score (nSPS) is 22.0. The Morgan fingerprint density at radius 1 is 0.767 bits per heavy atom. The molecule has 30 heavy (non-hydrogen) atoms. The van der Waals surface area contributed by atoms with Gasteiger partial charge < -0.3 is 0 Å². The smallest absolute Gasteiger partial charge is 0.147 e. The molecule has 162 valence electrons. The predicted molar refractivity (Wildman–Crippen MR) is 132 cm³/mol. The van der Waals surface area contributed by atoms with Crippen LogP contribution < -0.4 is 0 Å². The number of hydrogen-bond acceptors (Lipinski definition) is 2. The SMILES string of the molecule is CC1=CC(C)[C]([Zr]([CH3])([CH3])(=[SiH2])[C]2=C(c3ccco3)C(C)=CC2C)=C1c1ccco1.Cl.Cl. The first-order chi connectivity index (χ1) is 13.1. The Kier molecular flexibility index (Phi) is 7.31. The summed E-state index contributed by atoms with van der Waals surface area (Å²) in [4.78, 5) is 0. The first-order valence-corrected chi connectivity index (χ1v) is 23.4. The van der Waals surface area contributed by atoms with Crippen LogP contribution in [0, 0.1) is 11.8 Å². The van der Waals surface area contributed by atoms with Crippen LogP contribution in [0.4, 0.5) is 0 Å². The van der Waals surface area contributed by atoms with Crippen LogP contribution in [0.1, 0.15) is 39.2 Å². The molecule has 2 unspecified atom stereocenters. The molecule has 2 heterocycles. The van der Waals surface area contributed by atoms with Gasteiger partial charge in [0, 0.05) is 0 Å². The van der Waals surface area contributed by atoms with E-state index < -0.39 is 17.4 Å². The van der Waals surface area contributed by atoms with E-state index in [9.17, 15) is 0 Å². The fraction of sp³-hybridized carbons (Fsp3) is 0.333. The molecule has 6 heteroatoms. The second kappa shape index (κ2) is 8.62. The fourth-order valence-corrected chi connectivity index (χ4v) is 25.6. The van der Waals surface area contributed by atoms with Crippen LogP contribution in [-0.2, 0) is 17.4 Å². The third kappa shape index (κ3) is 3.90. The van der Waals surface area contributed by atoms with Gasteiger partial charge in [0.2, 0.25) is 0 Å². The van der Waals surface area contributed by atoms with Crippen LogP contribution in [0.3, 0.4) is 0 Å². The molecule has 0 saturated carbocycles. The monoisotopic (exact) mass is 540 g/mol. The van der Waals surface area contributed by atoms with E-state index in [0.717, 1.165) is 11.5 Å². The summed E-state index contributed by atoms with van der Waals surface area (Å²) < 4.78 is 20.3. The summed E-state index contributed by atoms with van der Waals surface area (Å²) >= 11 is -3.55. The minimum atomic E-state index is -3.55. The van der Waals surface area contributed by atoms with Gasteiger partial charge in [-0.2, -0.15) is 0 Å². The zero-order valence-electron chi connectivity index (χ0n) is 18.6. The van der Waals surface area contributed by atoms with E-state index in [1.807, 2.05) is 12.1 Å². The minimum Gasteiger partial charge on any atom is -0.147 e. The topological polar surface area (TPSA) is 26.3 Å². The third-order valence-electron chi connectivity index (χ3n) is 6.50. The van der Waals surface area contributed by atoms with E-state index in [0.29, 0.717) is 11.8 Å². The molecule has 2 atom stereocenters. The van der Waals surface area contributed by atoms with Gasteiger partial charge in [-0.1, -0.05) is 0 Å². The maximum Gasteiger partial charge on any atom is -0.147 e. The van der Waals surface area contributed by atoms with E-state index in [4.69, 9.17) is 8.83 Å². The second-order valence-electron chi connectivity index (χ2n) is 9.49. The molecule has 0 saturated heterocycles. The van der Waals surface area contributed by atoms with Crippen molar-refractivity contribution in [3.8, 4) is 0 Å². The van der Waals surface area contributed by atoms with Crippen LogP contribution in [0.5, 0.6) is 0 Å². The Labute approximate surface area is 194 Å². The van der Waals surface area contributed by atoms with E-state index in [1.165, 1.54) is 22.3 Å². The van der Waals surface area contributed by atoms with E-state index in [1.54, 1.807) is 19.1 Å². The number of halogens is 2. The van der Waals surface area contributed by atoms with Gasteiger partial charge in [-0.3, -0.25) is 0 Å². The summed E-state index contributed by atoms with van der Waals surface area (Å²) in [6.45, 7) is 11.5. The van der Waals surface area contributed by atoms with Crippen molar-refractivity contribution in [2.24, 2.45) is 11.8 Å². The van der Waals surface area contributed by atoms with Crippen LogP contribution in [0.25, 0.3) is 11.1 Å². The summed E-state index contributed by atoms with van der Waals surface area (Å²) in [5, 5.41) is 0. The quantitative estimate of drug-likeness (QED) is 0.377. The molecule has 0 aromatic carbocycles. The molecule has 0 radical (unpaired) electrons. The molecule has 2 nitrogen and oxygen atoms in total. The molecule has 0 N–H and O–H groups in total. The number of hydrogen-bond donors (Lipinski definition) is 0. The van der Waals surface area contributed by atoms with E-state index >= 15 is 0 Å². The van der Waals surface area contributed by atoms with Crippen molar-refractivity contribution in [3.05, 3.63) is 78.2 Å². The summed E-state index contributed by atoms with van der Waals surface area (Å²) in [5.41, 5.74) is 5.41. The van der Waals surface area contributed by atoms with Crippen molar-refractivity contribution in [2.45, 2.75) is 37.0 Å². The van der Waals surface area contributed by atoms with Crippen molar-refractivity contribution in [1.29, 1.82) is 0 Å². The standard InChI is InChI=1S/2C11H11O.2CH3.2ClH.H2Si.Zr/c2*1-8-6-9(2)10(7-8)11-4-3-5-12-11;;;;;;/h2*3-6,8H,1-2H3;2*1H3;2*1H;1H2;. The maximum atomic E-state index is 5.91. The van der Waals surface area contributed by atoms with Gasteiger partial charge in [-0.15, -0.1) is 24.8 Å². The van der Waals surface area contributed by atoms with Gasteiger partial charge >= 0.3 is 171 Å². The van der Waals surface area contributed by atoms with Gasteiger partial charge in [0.05, 0.1) is 0 Å². The summed E-state index contributed by atoms with van der Waals surface area (Å²) in [6, 6.07) is 8.23. The summed E-state index contributed by atoms with van der Waals surface area (Å²) in [5.74, 6) is 2.91. The number of furan rings is 2. The van der Waals surface area contributed by atoms with Gasteiger partial charge in [0.1, 0.15) is 0 Å². The average molecular weight is 543 g/mol. The Hall–Kier alpha value is -0.800. The molecule has 0 bridgehead atoms. The van der Waals surface area contributed by atoms with E-state index in [2.05, 4.69) is 68.1 Å². The molecular formula is C24H32Cl2O2SiZr.